The molecule has 1 aliphatic rings. The summed E-state index contributed by atoms with van der Waals surface area (Å²) in [4.78, 5) is 23.5. The summed E-state index contributed by atoms with van der Waals surface area (Å²) in [6.45, 7) is 1.45. The van der Waals surface area contributed by atoms with Crippen molar-refractivity contribution in [2.24, 2.45) is 0 Å². The normalized spacial score (nSPS) is 17.0. The second-order valence-electron chi connectivity index (χ2n) is 6.25. The number of ether oxygens (including phenoxy) is 1. The fourth-order valence-electron chi connectivity index (χ4n) is 3.32. The minimum atomic E-state index is -0.0470. The van der Waals surface area contributed by atoms with Gasteiger partial charge in [0.2, 0.25) is 0 Å². The Balaban J connectivity index is 1.50. The first-order valence-corrected chi connectivity index (χ1v) is 8.39. The zero-order chi connectivity index (χ0) is 17.2. The number of benzene rings is 2. The van der Waals surface area contributed by atoms with Crippen LogP contribution in [0.4, 0.5) is 0 Å². The van der Waals surface area contributed by atoms with Gasteiger partial charge in [-0.2, -0.15) is 0 Å². The molecule has 25 heavy (non-hydrogen) atoms. The van der Waals surface area contributed by atoms with Gasteiger partial charge < -0.3 is 9.64 Å². The van der Waals surface area contributed by atoms with Crippen molar-refractivity contribution in [3.05, 3.63) is 66.0 Å². The zero-order valence-electron chi connectivity index (χ0n) is 14.1. The fraction of sp³-hybridized carbons (Fsp3) is 0.250. The number of hydrogen-bond donors (Lipinski definition) is 0. The molecule has 1 amide bonds. The zero-order valence-corrected chi connectivity index (χ0v) is 14.1. The molecule has 4 rings (SSSR count). The first kappa shape index (κ1) is 15.6. The summed E-state index contributed by atoms with van der Waals surface area (Å²) in [5, 5.41) is 0. The van der Waals surface area contributed by atoms with Gasteiger partial charge in [-0.1, -0.05) is 24.3 Å². The van der Waals surface area contributed by atoms with Crippen LogP contribution in [0.3, 0.4) is 0 Å². The van der Waals surface area contributed by atoms with Gasteiger partial charge in [0, 0.05) is 19.0 Å². The number of hydrogen-bond acceptors (Lipinski definition) is 4. The molecule has 1 atom stereocenters. The minimum Gasteiger partial charge on any atom is -0.497 e. The van der Waals surface area contributed by atoms with Crippen molar-refractivity contribution in [1.82, 2.24) is 14.9 Å². The quantitative estimate of drug-likeness (QED) is 0.738. The molecule has 1 fully saturated rings. The van der Waals surface area contributed by atoms with Crippen LogP contribution in [0.15, 0.2) is 54.7 Å². The standard InChI is InChI=1S/C20H19N3O2/c1-25-16-8-6-14(7-9-16)15-10-11-23(13-15)20(24)19-12-21-17-4-2-3-5-18(17)22-19/h2-9,12,15H,10-11,13H2,1H3/t15-/m1/s1. The van der Waals surface area contributed by atoms with Crippen LogP contribution in [0, 0.1) is 0 Å². The molecule has 126 valence electrons. The summed E-state index contributed by atoms with van der Waals surface area (Å²) in [5.41, 5.74) is 3.20. The molecule has 0 N–H and O–H groups in total. The number of likely N-dealkylation sites (tertiary alicyclic amines) is 1. The first-order chi connectivity index (χ1) is 12.2. The maximum atomic E-state index is 12.8. The van der Waals surface area contributed by atoms with E-state index in [0.717, 1.165) is 29.7 Å². The molecule has 0 aliphatic carbocycles. The van der Waals surface area contributed by atoms with E-state index in [1.807, 2.05) is 41.3 Å². The van der Waals surface area contributed by atoms with E-state index < -0.39 is 0 Å². The van der Waals surface area contributed by atoms with Gasteiger partial charge in [-0.05, 0) is 36.2 Å². The molecule has 0 bridgehead atoms. The molecule has 0 spiro atoms. The third-order valence-electron chi connectivity index (χ3n) is 4.73. The van der Waals surface area contributed by atoms with Gasteiger partial charge in [0.05, 0.1) is 24.3 Å². The van der Waals surface area contributed by atoms with E-state index in [9.17, 15) is 4.79 Å². The largest absolute Gasteiger partial charge is 0.497 e. The van der Waals surface area contributed by atoms with E-state index in [0.29, 0.717) is 18.2 Å². The molecule has 3 aromatic rings. The van der Waals surface area contributed by atoms with E-state index in [2.05, 4.69) is 22.1 Å². The van der Waals surface area contributed by atoms with Crippen LogP contribution in [0.5, 0.6) is 5.75 Å². The van der Waals surface area contributed by atoms with Crippen LogP contribution in [-0.4, -0.2) is 41.0 Å². The third kappa shape index (κ3) is 3.05. The molecular formula is C20H19N3O2. The molecule has 1 aromatic heterocycles. The highest BCUT2D eigenvalue weighted by atomic mass is 16.5. The topological polar surface area (TPSA) is 55.3 Å². The minimum absolute atomic E-state index is 0.0470. The predicted molar refractivity (Wildman–Crippen MR) is 95.8 cm³/mol. The molecule has 5 heteroatoms. The van der Waals surface area contributed by atoms with E-state index in [4.69, 9.17) is 4.74 Å². The van der Waals surface area contributed by atoms with Crippen molar-refractivity contribution in [3.8, 4) is 5.75 Å². The predicted octanol–water partition coefficient (Wildman–Crippen LogP) is 3.27. The summed E-state index contributed by atoms with van der Waals surface area (Å²) >= 11 is 0. The maximum Gasteiger partial charge on any atom is 0.274 e. The number of para-hydroxylation sites is 2. The van der Waals surface area contributed by atoms with Crippen LogP contribution in [0.2, 0.25) is 0 Å². The SMILES string of the molecule is COc1ccc([C@@H]2CCN(C(=O)c3cnc4ccccc4n3)C2)cc1. The lowest BCUT2D eigenvalue weighted by atomic mass is 9.98. The highest BCUT2D eigenvalue weighted by Crippen LogP contribution is 2.29. The van der Waals surface area contributed by atoms with Crippen LogP contribution >= 0.6 is 0 Å². The van der Waals surface area contributed by atoms with E-state index >= 15 is 0 Å². The number of fused-ring (bicyclic) bond motifs is 1. The van der Waals surface area contributed by atoms with E-state index in [-0.39, 0.29) is 5.91 Å². The lowest BCUT2D eigenvalue weighted by molar-refractivity contribution is 0.0785. The van der Waals surface area contributed by atoms with Crippen LogP contribution < -0.4 is 4.74 Å². The molecule has 5 nitrogen and oxygen atoms in total. The average Bonchev–Trinajstić information content (AvgIpc) is 3.17. The summed E-state index contributed by atoms with van der Waals surface area (Å²) in [6.07, 6.45) is 2.53. The smallest absolute Gasteiger partial charge is 0.274 e. The Labute approximate surface area is 146 Å². The molecule has 1 aliphatic heterocycles. The number of carbonyl (C=O) groups is 1. The van der Waals surface area contributed by atoms with Crippen LogP contribution in [0.1, 0.15) is 28.4 Å². The molecule has 0 radical (unpaired) electrons. The lowest BCUT2D eigenvalue weighted by Gasteiger charge is -2.16. The first-order valence-electron chi connectivity index (χ1n) is 8.39. The van der Waals surface area contributed by atoms with Crippen molar-refractivity contribution >= 4 is 16.9 Å². The average molecular weight is 333 g/mol. The Morgan fingerprint density at radius 3 is 2.64 bits per heavy atom. The molecule has 1 saturated heterocycles. The third-order valence-corrected chi connectivity index (χ3v) is 4.73. The second kappa shape index (κ2) is 6.51. The van der Waals surface area contributed by atoms with Gasteiger partial charge in [0.25, 0.3) is 5.91 Å². The van der Waals surface area contributed by atoms with Crippen molar-refractivity contribution in [2.45, 2.75) is 12.3 Å². The van der Waals surface area contributed by atoms with Crippen LogP contribution in [0.25, 0.3) is 11.0 Å². The summed E-state index contributed by atoms with van der Waals surface area (Å²) in [7, 11) is 1.66. The molecule has 2 aromatic carbocycles. The number of methoxy groups -OCH3 is 1. The lowest BCUT2D eigenvalue weighted by Crippen LogP contribution is -2.29. The van der Waals surface area contributed by atoms with E-state index in [1.54, 1.807) is 13.3 Å². The van der Waals surface area contributed by atoms with Crippen molar-refractivity contribution in [2.75, 3.05) is 20.2 Å². The number of amides is 1. The van der Waals surface area contributed by atoms with E-state index in [1.165, 1.54) is 5.56 Å². The number of carbonyl (C=O) groups excluding carboxylic acids is 1. The Bertz CT molecular complexity index is 908. The number of aromatic nitrogens is 2. The number of rotatable bonds is 3. The van der Waals surface area contributed by atoms with Crippen molar-refractivity contribution in [3.63, 3.8) is 0 Å². The summed E-state index contributed by atoms with van der Waals surface area (Å²) in [6, 6.07) is 15.7. The van der Waals surface area contributed by atoms with Gasteiger partial charge >= 0.3 is 0 Å². The Hall–Kier alpha value is -2.95. The fourth-order valence-corrected chi connectivity index (χ4v) is 3.32. The van der Waals surface area contributed by atoms with Crippen LogP contribution in [-0.2, 0) is 0 Å². The van der Waals surface area contributed by atoms with Gasteiger partial charge in [-0.15, -0.1) is 0 Å². The Kier molecular flexibility index (Phi) is 4.06. The highest BCUT2D eigenvalue weighted by Gasteiger charge is 2.28. The summed E-state index contributed by atoms with van der Waals surface area (Å²) < 4.78 is 5.20. The Morgan fingerprint density at radius 2 is 1.88 bits per heavy atom. The van der Waals surface area contributed by atoms with Gasteiger partial charge in [-0.3, -0.25) is 9.78 Å². The summed E-state index contributed by atoms with van der Waals surface area (Å²) in [5.74, 6) is 1.15. The van der Waals surface area contributed by atoms with Gasteiger partial charge in [0.1, 0.15) is 11.4 Å². The highest BCUT2D eigenvalue weighted by molar-refractivity contribution is 5.94. The van der Waals surface area contributed by atoms with Gasteiger partial charge in [-0.25, -0.2) is 4.98 Å². The van der Waals surface area contributed by atoms with Crippen molar-refractivity contribution in [1.29, 1.82) is 0 Å². The molecule has 2 heterocycles. The number of nitrogens with zero attached hydrogens (tertiary/aromatic N) is 3. The second-order valence-corrected chi connectivity index (χ2v) is 6.25. The molecule has 0 unspecified atom stereocenters. The maximum absolute atomic E-state index is 12.8. The molecular weight excluding hydrogens is 314 g/mol. The molecule has 0 saturated carbocycles. The Morgan fingerprint density at radius 1 is 1.12 bits per heavy atom. The van der Waals surface area contributed by atoms with Gasteiger partial charge in [0.15, 0.2) is 0 Å². The monoisotopic (exact) mass is 333 g/mol. The van der Waals surface area contributed by atoms with Crippen molar-refractivity contribution < 1.29 is 9.53 Å².